The second kappa shape index (κ2) is 5.01. The third-order valence-corrected chi connectivity index (χ3v) is 3.03. The lowest BCUT2D eigenvalue weighted by atomic mass is 9.90. The van der Waals surface area contributed by atoms with Crippen LogP contribution in [-0.4, -0.2) is 11.7 Å². The Bertz CT molecular complexity index is 446. The van der Waals surface area contributed by atoms with Crippen molar-refractivity contribution in [2.24, 2.45) is 0 Å². The molecule has 0 aromatic heterocycles. The van der Waals surface area contributed by atoms with Crippen molar-refractivity contribution < 1.29 is 9.53 Å². The Labute approximate surface area is 109 Å². The maximum Gasteiger partial charge on any atom is 0.412 e. The summed E-state index contributed by atoms with van der Waals surface area (Å²) >= 11 is 0. The van der Waals surface area contributed by atoms with Gasteiger partial charge in [0.05, 0.1) is 0 Å². The third-order valence-electron chi connectivity index (χ3n) is 3.03. The van der Waals surface area contributed by atoms with Gasteiger partial charge in [-0.05, 0) is 63.6 Å². The summed E-state index contributed by atoms with van der Waals surface area (Å²) in [6.07, 6.45) is 4.21. The topological polar surface area (TPSA) is 38.3 Å². The molecule has 1 aliphatic carbocycles. The van der Waals surface area contributed by atoms with Crippen LogP contribution in [0.15, 0.2) is 18.2 Å². The molecule has 0 unspecified atom stereocenters. The van der Waals surface area contributed by atoms with Gasteiger partial charge in [0.1, 0.15) is 5.60 Å². The molecule has 18 heavy (non-hydrogen) atoms. The summed E-state index contributed by atoms with van der Waals surface area (Å²) in [6.45, 7) is 5.60. The first-order chi connectivity index (χ1) is 8.46. The van der Waals surface area contributed by atoms with Crippen molar-refractivity contribution in [1.29, 1.82) is 0 Å². The molecule has 0 heterocycles. The Kier molecular flexibility index (Phi) is 3.60. The van der Waals surface area contributed by atoms with Gasteiger partial charge < -0.3 is 4.74 Å². The number of rotatable bonds is 1. The van der Waals surface area contributed by atoms with Crippen molar-refractivity contribution in [2.45, 2.75) is 52.1 Å². The second-order valence-corrected chi connectivity index (χ2v) is 5.78. The van der Waals surface area contributed by atoms with Crippen LogP contribution in [0.3, 0.4) is 0 Å². The predicted octanol–water partition coefficient (Wildman–Crippen LogP) is 3.91. The summed E-state index contributed by atoms with van der Waals surface area (Å²) in [6, 6.07) is 6.10. The first-order valence-corrected chi connectivity index (χ1v) is 6.56. The molecule has 2 rings (SSSR count). The molecule has 1 aromatic carbocycles. The van der Waals surface area contributed by atoms with Crippen LogP contribution in [0, 0.1) is 0 Å². The molecule has 1 N–H and O–H groups in total. The molecule has 0 fully saturated rings. The van der Waals surface area contributed by atoms with Crippen molar-refractivity contribution >= 4 is 11.8 Å². The zero-order valence-electron chi connectivity index (χ0n) is 11.4. The maximum absolute atomic E-state index is 11.8. The largest absolute Gasteiger partial charge is 0.444 e. The Balaban J connectivity index is 2.12. The molecule has 0 radical (unpaired) electrons. The molecular weight excluding hydrogens is 226 g/mol. The van der Waals surface area contributed by atoms with Gasteiger partial charge >= 0.3 is 6.09 Å². The molecule has 0 atom stereocenters. The molecule has 1 aromatic rings. The van der Waals surface area contributed by atoms with E-state index in [0.29, 0.717) is 0 Å². The summed E-state index contributed by atoms with van der Waals surface area (Å²) in [5.41, 5.74) is 3.07. The number of hydrogen-bond donors (Lipinski definition) is 1. The molecule has 0 bridgehead atoms. The fraction of sp³-hybridized carbons (Fsp3) is 0.533. The van der Waals surface area contributed by atoms with Crippen molar-refractivity contribution in [2.75, 3.05) is 5.32 Å². The third kappa shape index (κ3) is 3.25. The lowest BCUT2D eigenvalue weighted by Crippen LogP contribution is -2.27. The van der Waals surface area contributed by atoms with Gasteiger partial charge in [0.25, 0.3) is 0 Å². The van der Waals surface area contributed by atoms with Gasteiger partial charge in [-0.15, -0.1) is 0 Å². The van der Waals surface area contributed by atoms with Crippen LogP contribution in [0.1, 0.15) is 44.7 Å². The number of aryl methyl sites for hydroxylation is 1. The number of ether oxygens (including phenoxy) is 1. The van der Waals surface area contributed by atoms with Crippen molar-refractivity contribution in [3.05, 3.63) is 29.3 Å². The van der Waals surface area contributed by atoms with E-state index in [9.17, 15) is 4.79 Å². The highest BCUT2D eigenvalue weighted by Crippen LogP contribution is 2.28. The fourth-order valence-corrected chi connectivity index (χ4v) is 2.31. The Hall–Kier alpha value is -1.51. The quantitative estimate of drug-likeness (QED) is 0.817. The fourth-order valence-electron chi connectivity index (χ4n) is 2.31. The highest BCUT2D eigenvalue weighted by molar-refractivity contribution is 5.86. The zero-order chi connectivity index (χ0) is 13.2. The molecule has 1 aliphatic rings. The number of benzene rings is 1. The summed E-state index contributed by atoms with van der Waals surface area (Å²) in [5, 5.41) is 2.87. The van der Waals surface area contributed by atoms with E-state index >= 15 is 0 Å². The SMILES string of the molecule is CC(C)(C)OC(=O)Nc1cccc2c1CCCC2. The molecule has 1 amide bonds. The van der Waals surface area contributed by atoms with E-state index in [-0.39, 0.29) is 6.09 Å². The van der Waals surface area contributed by atoms with E-state index in [1.165, 1.54) is 24.0 Å². The van der Waals surface area contributed by atoms with Crippen LogP contribution in [0.4, 0.5) is 10.5 Å². The van der Waals surface area contributed by atoms with E-state index in [0.717, 1.165) is 18.5 Å². The summed E-state index contributed by atoms with van der Waals surface area (Å²) in [7, 11) is 0. The summed E-state index contributed by atoms with van der Waals surface area (Å²) in [4.78, 5) is 11.8. The van der Waals surface area contributed by atoms with Gasteiger partial charge in [0.2, 0.25) is 0 Å². The molecule has 0 saturated carbocycles. The zero-order valence-corrected chi connectivity index (χ0v) is 11.4. The van der Waals surface area contributed by atoms with Crippen LogP contribution >= 0.6 is 0 Å². The minimum absolute atomic E-state index is 0.374. The molecule has 0 aliphatic heterocycles. The van der Waals surface area contributed by atoms with Crippen LogP contribution < -0.4 is 5.32 Å². The molecular formula is C15H21NO2. The van der Waals surface area contributed by atoms with Gasteiger partial charge in [0.15, 0.2) is 0 Å². The highest BCUT2D eigenvalue weighted by atomic mass is 16.6. The van der Waals surface area contributed by atoms with Crippen molar-refractivity contribution in [1.82, 2.24) is 0 Å². The minimum atomic E-state index is -0.459. The average molecular weight is 247 g/mol. The van der Waals surface area contributed by atoms with E-state index in [2.05, 4.69) is 11.4 Å². The minimum Gasteiger partial charge on any atom is -0.444 e. The van der Waals surface area contributed by atoms with E-state index in [4.69, 9.17) is 4.74 Å². The Morgan fingerprint density at radius 2 is 1.94 bits per heavy atom. The first kappa shape index (κ1) is 12.9. The average Bonchev–Trinajstić information content (AvgIpc) is 2.27. The second-order valence-electron chi connectivity index (χ2n) is 5.78. The van der Waals surface area contributed by atoms with E-state index in [1.54, 1.807) is 0 Å². The van der Waals surface area contributed by atoms with E-state index in [1.807, 2.05) is 32.9 Å². The highest BCUT2D eigenvalue weighted by Gasteiger charge is 2.18. The maximum atomic E-state index is 11.8. The molecule has 0 spiro atoms. The summed E-state index contributed by atoms with van der Waals surface area (Å²) in [5.74, 6) is 0. The van der Waals surface area contributed by atoms with Gasteiger partial charge in [-0.2, -0.15) is 0 Å². The number of fused-ring (bicyclic) bond motifs is 1. The smallest absolute Gasteiger partial charge is 0.412 e. The number of carbonyl (C=O) groups excluding carboxylic acids is 1. The van der Waals surface area contributed by atoms with Gasteiger partial charge in [-0.1, -0.05) is 12.1 Å². The molecule has 3 nitrogen and oxygen atoms in total. The molecule has 3 heteroatoms. The van der Waals surface area contributed by atoms with Crippen LogP contribution in [0.2, 0.25) is 0 Å². The molecule has 0 saturated heterocycles. The number of hydrogen-bond acceptors (Lipinski definition) is 2. The Morgan fingerprint density at radius 1 is 1.22 bits per heavy atom. The number of anilines is 1. The first-order valence-electron chi connectivity index (χ1n) is 6.56. The predicted molar refractivity (Wildman–Crippen MR) is 72.9 cm³/mol. The van der Waals surface area contributed by atoms with Crippen LogP contribution in [0.5, 0.6) is 0 Å². The summed E-state index contributed by atoms with van der Waals surface area (Å²) < 4.78 is 5.28. The Morgan fingerprint density at radius 3 is 2.67 bits per heavy atom. The number of nitrogens with one attached hydrogen (secondary N) is 1. The van der Waals surface area contributed by atoms with E-state index < -0.39 is 5.60 Å². The van der Waals surface area contributed by atoms with Gasteiger partial charge in [0, 0.05) is 5.69 Å². The van der Waals surface area contributed by atoms with Gasteiger partial charge in [-0.3, -0.25) is 5.32 Å². The lowest BCUT2D eigenvalue weighted by Gasteiger charge is -2.22. The monoisotopic (exact) mass is 247 g/mol. The van der Waals surface area contributed by atoms with Crippen molar-refractivity contribution in [3.63, 3.8) is 0 Å². The normalized spacial score (nSPS) is 14.8. The van der Waals surface area contributed by atoms with Crippen molar-refractivity contribution in [3.8, 4) is 0 Å². The molecule has 98 valence electrons. The standard InChI is InChI=1S/C15H21NO2/c1-15(2,3)18-14(17)16-13-10-6-8-11-7-4-5-9-12(11)13/h6,8,10H,4-5,7,9H2,1-3H3,(H,16,17). The number of amides is 1. The van der Waals surface area contributed by atoms with Crippen LogP contribution in [0.25, 0.3) is 0 Å². The van der Waals surface area contributed by atoms with Gasteiger partial charge in [-0.25, -0.2) is 4.79 Å². The lowest BCUT2D eigenvalue weighted by molar-refractivity contribution is 0.0636. The van der Waals surface area contributed by atoms with Crippen LogP contribution in [-0.2, 0) is 17.6 Å². The number of carbonyl (C=O) groups is 1.